The fraction of sp³-hybridized carbons (Fsp3) is 0.143. The predicted molar refractivity (Wildman–Crippen MR) is 45.0 cm³/mol. The number of nitriles is 1. The number of aromatic hydroxyl groups is 1. The van der Waals surface area contributed by atoms with Gasteiger partial charge in [0.1, 0.15) is 11.8 Å². The molecular formula is C7H2BrF3N2O2. The number of aromatic nitrogens is 1. The van der Waals surface area contributed by atoms with Crippen LogP contribution in [-0.2, 0) is 0 Å². The minimum Gasteiger partial charge on any atom is -0.502 e. The van der Waals surface area contributed by atoms with Gasteiger partial charge in [0.25, 0.3) is 0 Å². The maximum atomic E-state index is 11.8. The Bertz CT molecular complexity index is 427. The summed E-state index contributed by atoms with van der Waals surface area (Å²) in [5.41, 5.74) is -0.307. The van der Waals surface area contributed by atoms with E-state index in [4.69, 9.17) is 10.4 Å². The molecule has 4 nitrogen and oxygen atoms in total. The summed E-state index contributed by atoms with van der Waals surface area (Å²) < 4.78 is 38.7. The molecule has 0 aromatic carbocycles. The first kappa shape index (κ1) is 11.6. The monoisotopic (exact) mass is 282 g/mol. The van der Waals surface area contributed by atoms with E-state index in [9.17, 15) is 13.2 Å². The molecule has 0 aliphatic rings. The maximum absolute atomic E-state index is 11.8. The van der Waals surface area contributed by atoms with E-state index in [1.54, 1.807) is 0 Å². The zero-order chi connectivity index (χ0) is 11.6. The minimum atomic E-state index is -4.94. The minimum absolute atomic E-state index is 0.291. The van der Waals surface area contributed by atoms with Gasteiger partial charge in [0.05, 0.1) is 0 Å². The Labute approximate surface area is 90.0 Å². The summed E-state index contributed by atoms with van der Waals surface area (Å²) >= 11 is 2.69. The van der Waals surface area contributed by atoms with E-state index in [1.165, 1.54) is 6.07 Å². The molecule has 15 heavy (non-hydrogen) atoms. The summed E-state index contributed by atoms with van der Waals surface area (Å²) in [6.45, 7) is 0. The van der Waals surface area contributed by atoms with Crippen molar-refractivity contribution in [2.45, 2.75) is 6.36 Å². The Balaban J connectivity index is 3.18. The lowest BCUT2D eigenvalue weighted by Crippen LogP contribution is -2.17. The lowest BCUT2D eigenvalue weighted by atomic mass is 10.3. The van der Waals surface area contributed by atoms with E-state index in [0.717, 1.165) is 0 Å². The largest absolute Gasteiger partial charge is 0.573 e. The van der Waals surface area contributed by atoms with Gasteiger partial charge in [-0.05, 0) is 15.9 Å². The van der Waals surface area contributed by atoms with E-state index in [-0.39, 0.29) is 10.3 Å². The molecule has 0 radical (unpaired) electrons. The summed E-state index contributed by atoms with van der Waals surface area (Å²) in [7, 11) is 0. The Morgan fingerprint density at radius 2 is 2.13 bits per heavy atom. The van der Waals surface area contributed by atoms with Crippen LogP contribution in [0.15, 0.2) is 10.7 Å². The Morgan fingerprint density at radius 3 is 2.60 bits per heavy atom. The van der Waals surface area contributed by atoms with Crippen LogP contribution in [0, 0.1) is 11.3 Å². The topological polar surface area (TPSA) is 66.1 Å². The molecule has 80 valence electrons. The molecule has 0 aliphatic heterocycles. The highest BCUT2D eigenvalue weighted by molar-refractivity contribution is 9.10. The molecule has 0 bridgehead atoms. The van der Waals surface area contributed by atoms with E-state index in [2.05, 4.69) is 25.7 Å². The Kier molecular flexibility index (Phi) is 3.04. The molecule has 1 aromatic heterocycles. The fourth-order valence-electron chi connectivity index (χ4n) is 0.745. The fourth-order valence-corrected chi connectivity index (χ4v) is 1.13. The van der Waals surface area contributed by atoms with Gasteiger partial charge in [0.15, 0.2) is 16.1 Å². The van der Waals surface area contributed by atoms with Gasteiger partial charge in [0, 0.05) is 6.07 Å². The number of hydrogen-bond acceptors (Lipinski definition) is 4. The SMILES string of the molecule is N#Cc1cc(OC(F)(F)F)c(O)c(Br)n1. The summed E-state index contributed by atoms with van der Waals surface area (Å²) in [4.78, 5) is 3.44. The number of halogens is 4. The zero-order valence-corrected chi connectivity index (χ0v) is 8.43. The third kappa shape index (κ3) is 2.99. The predicted octanol–water partition coefficient (Wildman–Crippen LogP) is 2.32. The molecule has 0 aliphatic carbocycles. The van der Waals surface area contributed by atoms with E-state index >= 15 is 0 Å². The molecule has 1 N–H and O–H groups in total. The summed E-state index contributed by atoms with van der Waals surface area (Å²) in [5, 5.41) is 17.6. The van der Waals surface area contributed by atoms with Gasteiger partial charge < -0.3 is 9.84 Å². The standard InChI is InChI=1S/C7H2BrF3N2O2/c8-6-5(14)4(15-7(9,10)11)1-3(2-12)13-6/h1,14H. The molecule has 1 aromatic rings. The van der Waals surface area contributed by atoms with Crippen LogP contribution in [0.5, 0.6) is 11.5 Å². The highest BCUT2D eigenvalue weighted by Crippen LogP contribution is 2.36. The van der Waals surface area contributed by atoms with Crippen LogP contribution in [0.1, 0.15) is 5.69 Å². The van der Waals surface area contributed by atoms with Gasteiger partial charge in [-0.15, -0.1) is 13.2 Å². The van der Waals surface area contributed by atoms with Crippen molar-refractivity contribution in [3.05, 3.63) is 16.4 Å². The highest BCUT2D eigenvalue weighted by Gasteiger charge is 2.33. The van der Waals surface area contributed by atoms with Crippen molar-refractivity contribution in [1.29, 1.82) is 5.26 Å². The first-order valence-corrected chi connectivity index (χ1v) is 4.18. The first-order valence-electron chi connectivity index (χ1n) is 3.39. The van der Waals surface area contributed by atoms with Crippen molar-refractivity contribution in [1.82, 2.24) is 4.98 Å². The second-order valence-electron chi connectivity index (χ2n) is 2.30. The summed E-state index contributed by atoms with van der Waals surface area (Å²) in [5.74, 6) is -1.69. The third-order valence-electron chi connectivity index (χ3n) is 1.26. The maximum Gasteiger partial charge on any atom is 0.573 e. The van der Waals surface area contributed by atoms with E-state index in [1.807, 2.05) is 0 Å². The third-order valence-corrected chi connectivity index (χ3v) is 1.81. The van der Waals surface area contributed by atoms with Crippen molar-refractivity contribution in [3.8, 4) is 17.6 Å². The number of pyridine rings is 1. The second kappa shape index (κ2) is 3.94. The van der Waals surface area contributed by atoms with Crippen LogP contribution < -0.4 is 4.74 Å². The quantitative estimate of drug-likeness (QED) is 0.803. The number of alkyl halides is 3. The van der Waals surface area contributed by atoms with Gasteiger partial charge in [0.2, 0.25) is 0 Å². The highest BCUT2D eigenvalue weighted by atomic mass is 79.9. The number of nitrogens with zero attached hydrogens (tertiary/aromatic N) is 2. The zero-order valence-electron chi connectivity index (χ0n) is 6.84. The molecule has 0 saturated heterocycles. The number of hydrogen-bond donors (Lipinski definition) is 1. The molecule has 0 amide bonds. The van der Waals surface area contributed by atoms with Crippen molar-refractivity contribution < 1.29 is 23.0 Å². The van der Waals surface area contributed by atoms with Crippen LogP contribution in [0.25, 0.3) is 0 Å². The van der Waals surface area contributed by atoms with Crippen molar-refractivity contribution in [3.63, 3.8) is 0 Å². The lowest BCUT2D eigenvalue weighted by molar-refractivity contribution is -0.275. The Hall–Kier alpha value is -1.49. The van der Waals surface area contributed by atoms with Crippen LogP contribution in [0.2, 0.25) is 0 Å². The number of ether oxygens (including phenoxy) is 1. The molecule has 1 rings (SSSR count). The van der Waals surface area contributed by atoms with Crippen molar-refractivity contribution in [2.75, 3.05) is 0 Å². The van der Waals surface area contributed by atoms with Gasteiger partial charge >= 0.3 is 6.36 Å². The van der Waals surface area contributed by atoms with Crippen LogP contribution in [0.3, 0.4) is 0 Å². The lowest BCUT2D eigenvalue weighted by Gasteiger charge is -2.10. The van der Waals surface area contributed by atoms with Gasteiger partial charge in [-0.3, -0.25) is 0 Å². The average molecular weight is 283 g/mol. The molecule has 1 heterocycles. The molecule has 8 heteroatoms. The summed E-state index contributed by atoms with van der Waals surface area (Å²) in [6, 6.07) is 2.21. The average Bonchev–Trinajstić information content (AvgIpc) is 2.10. The van der Waals surface area contributed by atoms with Gasteiger partial charge in [-0.2, -0.15) is 5.26 Å². The Morgan fingerprint density at radius 1 is 1.53 bits per heavy atom. The van der Waals surface area contributed by atoms with Crippen LogP contribution in [0.4, 0.5) is 13.2 Å². The smallest absolute Gasteiger partial charge is 0.502 e. The van der Waals surface area contributed by atoms with Gasteiger partial charge in [-0.25, -0.2) is 4.98 Å². The molecule has 0 spiro atoms. The number of rotatable bonds is 1. The molecule has 0 unspecified atom stereocenters. The van der Waals surface area contributed by atoms with Crippen LogP contribution in [-0.4, -0.2) is 16.5 Å². The van der Waals surface area contributed by atoms with E-state index < -0.39 is 17.9 Å². The molecule has 0 saturated carbocycles. The van der Waals surface area contributed by atoms with Gasteiger partial charge in [-0.1, -0.05) is 0 Å². The molecular weight excluding hydrogens is 281 g/mol. The van der Waals surface area contributed by atoms with Crippen molar-refractivity contribution >= 4 is 15.9 Å². The molecule has 0 atom stereocenters. The summed E-state index contributed by atoms with van der Waals surface area (Å²) in [6.07, 6.45) is -4.94. The normalized spacial score (nSPS) is 10.9. The molecule has 0 fully saturated rings. The first-order chi connectivity index (χ1) is 6.83. The van der Waals surface area contributed by atoms with Crippen LogP contribution >= 0.6 is 15.9 Å². The van der Waals surface area contributed by atoms with E-state index in [0.29, 0.717) is 6.07 Å². The second-order valence-corrected chi connectivity index (χ2v) is 3.06. The van der Waals surface area contributed by atoms with Crippen molar-refractivity contribution in [2.24, 2.45) is 0 Å².